The molecule has 0 radical (unpaired) electrons. The van der Waals surface area contributed by atoms with E-state index in [9.17, 15) is 5.11 Å². The van der Waals surface area contributed by atoms with Gasteiger partial charge in [-0.1, -0.05) is 0 Å². The molecule has 0 amide bonds. The molecule has 3 rings (SSSR count). The quantitative estimate of drug-likeness (QED) is 0.791. The number of β-amino-alcohol motifs (C(OH)–C–C–N with tert-alkyl or cyclic N) is 1. The third-order valence-electron chi connectivity index (χ3n) is 4.06. The molecule has 23 heavy (non-hydrogen) atoms. The van der Waals surface area contributed by atoms with Crippen molar-refractivity contribution in [1.29, 1.82) is 0 Å². The van der Waals surface area contributed by atoms with E-state index in [0.29, 0.717) is 26.3 Å². The molecule has 3 heterocycles. The number of ether oxygens (including phenoxy) is 2. The molecule has 0 bridgehead atoms. The highest BCUT2D eigenvalue weighted by atomic mass is 16.5. The van der Waals surface area contributed by atoms with Gasteiger partial charge in [0.25, 0.3) is 0 Å². The van der Waals surface area contributed by atoms with E-state index in [1.54, 1.807) is 0 Å². The molecule has 0 unspecified atom stereocenters. The van der Waals surface area contributed by atoms with Crippen LogP contribution in [0.15, 0.2) is 6.07 Å². The second-order valence-corrected chi connectivity index (χ2v) is 6.24. The summed E-state index contributed by atoms with van der Waals surface area (Å²) in [6, 6.07) is 1.92. The fourth-order valence-corrected chi connectivity index (χ4v) is 2.98. The molecule has 1 aromatic heterocycles. The van der Waals surface area contributed by atoms with Crippen molar-refractivity contribution in [2.75, 3.05) is 54.9 Å². The summed E-state index contributed by atoms with van der Waals surface area (Å²) in [6.45, 7) is 7.96. The summed E-state index contributed by atoms with van der Waals surface area (Å²) in [6.07, 6.45) is -0.660. The molecule has 2 fully saturated rings. The first-order valence-electron chi connectivity index (χ1n) is 8.08. The zero-order valence-corrected chi connectivity index (χ0v) is 13.7. The lowest BCUT2D eigenvalue weighted by atomic mass is 10.2. The number of nitrogen functional groups attached to an aromatic ring is 1. The Morgan fingerprint density at radius 1 is 1.22 bits per heavy atom. The van der Waals surface area contributed by atoms with Crippen LogP contribution in [0.25, 0.3) is 0 Å². The summed E-state index contributed by atoms with van der Waals surface area (Å²) < 4.78 is 11.1. The number of hydrogen-bond acceptors (Lipinski definition) is 8. The SMILES string of the molecule is CC(C)O[C@H]1CN(c2cc(N3CCOCC3)nc(N)n2)C[C@@H]1O. The second kappa shape index (κ2) is 6.86. The zero-order chi connectivity index (χ0) is 16.4. The van der Waals surface area contributed by atoms with Gasteiger partial charge in [0.05, 0.1) is 25.4 Å². The Bertz CT molecular complexity index is 536. The van der Waals surface area contributed by atoms with Crippen molar-refractivity contribution in [1.82, 2.24) is 9.97 Å². The van der Waals surface area contributed by atoms with Crippen molar-refractivity contribution in [2.45, 2.75) is 32.2 Å². The fraction of sp³-hybridized carbons (Fsp3) is 0.733. The van der Waals surface area contributed by atoms with Crippen LogP contribution in [0.4, 0.5) is 17.6 Å². The fourth-order valence-electron chi connectivity index (χ4n) is 2.98. The molecule has 2 aliphatic rings. The van der Waals surface area contributed by atoms with Gasteiger partial charge in [-0.3, -0.25) is 0 Å². The number of morpholine rings is 1. The van der Waals surface area contributed by atoms with E-state index in [0.717, 1.165) is 24.7 Å². The number of nitrogens with zero attached hydrogens (tertiary/aromatic N) is 4. The van der Waals surface area contributed by atoms with Crippen LogP contribution >= 0.6 is 0 Å². The van der Waals surface area contributed by atoms with Gasteiger partial charge in [0, 0.05) is 32.2 Å². The van der Waals surface area contributed by atoms with Crippen LogP contribution in [-0.4, -0.2) is 72.8 Å². The first-order valence-corrected chi connectivity index (χ1v) is 8.08. The van der Waals surface area contributed by atoms with Crippen molar-refractivity contribution in [3.63, 3.8) is 0 Å². The van der Waals surface area contributed by atoms with Crippen molar-refractivity contribution in [3.05, 3.63) is 6.07 Å². The number of rotatable bonds is 4. The first-order chi connectivity index (χ1) is 11.0. The van der Waals surface area contributed by atoms with E-state index in [2.05, 4.69) is 14.9 Å². The van der Waals surface area contributed by atoms with Crippen LogP contribution in [0.2, 0.25) is 0 Å². The summed E-state index contributed by atoms with van der Waals surface area (Å²) in [7, 11) is 0. The molecule has 2 saturated heterocycles. The largest absolute Gasteiger partial charge is 0.388 e. The minimum atomic E-state index is -0.527. The molecule has 0 spiro atoms. The maximum absolute atomic E-state index is 10.2. The Kier molecular flexibility index (Phi) is 4.84. The molecule has 0 aliphatic carbocycles. The molecular formula is C15H25N5O3. The van der Waals surface area contributed by atoms with E-state index in [4.69, 9.17) is 15.2 Å². The van der Waals surface area contributed by atoms with Gasteiger partial charge in [-0.05, 0) is 13.8 Å². The second-order valence-electron chi connectivity index (χ2n) is 6.24. The lowest BCUT2D eigenvalue weighted by Gasteiger charge is -2.28. The van der Waals surface area contributed by atoms with Gasteiger partial charge in [0.15, 0.2) is 0 Å². The maximum atomic E-state index is 10.2. The molecule has 0 aromatic carbocycles. The minimum absolute atomic E-state index is 0.0778. The number of aliphatic hydroxyl groups excluding tert-OH is 1. The summed E-state index contributed by atoms with van der Waals surface area (Å²) in [5, 5.41) is 10.2. The number of hydrogen-bond donors (Lipinski definition) is 2. The van der Waals surface area contributed by atoms with Gasteiger partial charge in [-0.15, -0.1) is 0 Å². The van der Waals surface area contributed by atoms with Crippen molar-refractivity contribution < 1.29 is 14.6 Å². The lowest BCUT2D eigenvalue weighted by Crippen LogP contribution is -2.37. The van der Waals surface area contributed by atoms with E-state index in [1.807, 2.05) is 24.8 Å². The highest BCUT2D eigenvalue weighted by Gasteiger charge is 2.34. The average molecular weight is 323 g/mol. The molecular weight excluding hydrogens is 298 g/mol. The Hall–Kier alpha value is -1.64. The molecule has 128 valence electrons. The number of aliphatic hydroxyl groups is 1. The normalized spacial score (nSPS) is 25.4. The molecule has 8 heteroatoms. The predicted octanol–water partition coefficient (Wildman–Crippen LogP) is -0.130. The summed E-state index contributed by atoms with van der Waals surface area (Å²) in [5.41, 5.74) is 5.88. The summed E-state index contributed by atoms with van der Waals surface area (Å²) in [5.74, 6) is 1.78. The Morgan fingerprint density at radius 2 is 1.87 bits per heavy atom. The zero-order valence-electron chi connectivity index (χ0n) is 13.7. The van der Waals surface area contributed by atoms with Gasteiger partial charge in [0.1, 0.15) is 17.7 Å². The van der Waals surface area contributed by atoms with E-state index < -0.39 is 6.10 Å². The molecule has 2 aliphatic heterocycles. The van der Waals surface area contributed by atoms with Crippen molar-refractivity contribution >= 4 is 17.6 Å². The number of nitrogens with two attached hydrogens (primary N) is 1. The van der Waals surface area contributed by atoms with Gasteiger partial charge in [-0.25, -0.2) is 0 Å². The first kappa shape index (κ1) is 16.2. The van der Waals surface area contributed by atoms with E-state index in [1.165, 1.54) is 0 Å². The monoisotopic (exact) mass is 323 g/mol. The van der Waals surface area contributed by atoms with Crippen LogP contribution in [0.3, 0.4) is 0 Å². The third-order valence-corrected chi connectivity index (χ3v) is 4.06. The van der Waals surface area contributed by atoms with Gasteiger partial charge >= 0.3 is 0 Å². The van der Waals surface area contributed by atoms with Crippen molar-refractivity contribution in [3.8, 4) is 0 Å². The predicted molar refractivity (Wildman–Crippen MR) is 87.7 cm³/mol. The van der Waals surface area contributed by atoms with Gasteiger partial charge in [0.2, 0.25) is 5.95 Å². The maximum Gasteiger partial charge on any atom is 0.223 e. The number of aromatic nitrogens is 2. The molecule has 8 nitrogen and oxygen atoms in total. The molecule has 3 N–H and O–H groups in total. The van der Waals surface area contributed by atoms with Gasteiger partial charge < -0.3 is 30.1 Å². The summed E-state index contributed by atoms with van der Waals surface area (Å²) >= 11 is 0. The summed E-state index contributed by atoms with van der Waals surface area (Å²) in [4.78, 5) is 12.8. The smallest absolute Gasteiger partial charge is 0.223 e. The minimum Gasteiger partial charge on any atom is -0.388 e. The molecule has 1 aromatic rings. The van der Waals surface area contributed by atoms with Crippen LogP contribution in [0, 0.1) is 0 Å². The highest BCUT2D eigenvalue weighted by molar-refractivity contribution is 5.55. The van der Waals surface area contributed by atoms with Crippen LogP contribution in [0.1, 0.15) is 13.8 Å². The van der Waals surface area contributed by atoms with Gasteiger partial charge in [-0.2, -0.15) is 9.97 Å². The van der Waals surface area contributed by atoms with Crippen molar-refractivity contribution in [2.24, 2.45) is 0 Å². The molecule has 2 atom stereocenters. The third kappa shape index (κ3) is 3.82. The van der Waals surface area contributed by atoms with E-state index in [-0.39, 0.29) is 18.2 Å². The van der Waals surface area contributed by atoms with Crippen LogP contribution in [-0.2, 0) is 9.47 Å². The van der Waals surface area contributed by atoms with E-state index >= 15 is 0 Å². The Morgan fingerprint density at radius 3 is 2.52 bits per heavy atom. The number of anilines is 3. The average Bonchev–Trinajstić information content (AvgIpc) is 2.88. The Labute approximate surface area is 136 Å². The van der Waals surface area contributed by atoms with Crippen LogP contribution < -0.4 is 15.5 Å². The highest BCUT2D eigenvalue weighted by Crippen LogP contribution is 2.25. The van der Waals surface area contributed by atoms with Crippen LogP contribution in [0.5, 0.6) is 0 Å². The standard InChI is InChI=1S/C15H25N5O3/c1-10(2)23-12-9-20(8-11(12)21)14-7-13(17-15(16)18-14)19-3-5-22-6-4-19/h7,10-12,21H,3-6,8-9H2,1-2H3,(H2,16,17,18)/t11-,12-/m0/s1. The topological polar surface area (TPSA) is 97.0 Å². The lowest BCUT2D eigenvalue weighted by molar-refractivity contribution is -0.0386. The Balaban J connectivity index is 1.76. The molecule has 0 saturated carbocycles.